The van der Waals surface area contributed by atoms with Crippen LogP contribution in [0.1, 0.15) is 155 Å². The molecule has 0 spiro atoms. The smallest absolute Gasteiger partial charge is 0.230 e. The molecule has 0 aliphatic carbocycles. The molecule has 2 atom stereocenters. The highest BCUT2D eigenvalue weighted by Crippen LogP contribution is 2.33. The van der Waals surface area contributed by atoms with Gasteiger partial charge >= 0.3 is 0 Å². The Kier molecular flexibility index (Phi) is 24.5. The molecule has 2 rings (SSSR count). The molecular formula is C46H75N5O2. The Bertz CT molecular complexity index is 1390. The highest BCUT2D eigenvalue weighted by atomic mass is 16.2. The van der Waals surface area contributed by atoms with E-state index in [1.54, 1.807) is 5.01 Å². The number of aliphatic imine (C=N–C) groups is 1. The van der Waals surface area contributed by atoms with Gasteiger partial charge in [-0.2, -0.15) is 5.26 Å². The maximum absolute atomic E-state index is 10.3. The Hall–Kier alpha value is -3.34. The quantitative estimate of drug-likeness (QED) is 0.0485. The van der Waals surface area contributed by atoms with Crippen LogP contribution in [0.15, 0.2) is 45.5 Å². The number of imide groups is 1. The summed E-state index contributed by atoms with van der Waals surface area (Å²) in [4.78, 5) is 28.0. The molecule has 1 saturated heterocycles. The van der Waals surface area contributed by atoms with Crippen molar-refractivity contribution in [1.29, 1.82) is 5.26 Å². The Balaban J connectivity index is 0.00000108. The lowest BCUT2D eigenvalue weighted by atomic mass is 9.87. The molecule has 2 unspecified atom stereocenters. The molecule has 53 heavy (non-hydrogen) atoms. The van der Waals surface area contributed by atoms with Crippen molar-refractivity contribution >= 4 is 25.2 Å². The average molecular weight is 730 g/mol. The molecule has 0 saturated carbocycles. The van der Waals surface area contributed by atoms with E-state index in [4.69, 9.17) is 0 Å². The predicted molar refractivity (Wildman–Crippen MR) is 227 cm³/mol. The summed E-state index contributed by atoms with van der Waals surface area (Å²) in [7, 11) is 0. The summed E-state index contributed by atoms with van der Waals surface area (Å²) < 4.78 is 0. The number of amides is 2. The monoisotopic (exact) mass is 730 g/mol. The molecule has 1 aromatic carbocycles. The van der Waals surface area contributed by atoms with Gasteiger partial charge in [0.25, 0.3) is 0 Å². The molecule has 1 aliphatic rings. The van der Waals surface area contributed by atoms with Gasteiger partial charge in [-0.25, -0.2) is 10.0 Å². The third-order valence-corrected chi connectivity index (χ3v) is 11.0. The van der Waals surface area contributed by atoms with E-state index < -0.39 is 0 Å². The van der Waals surface area contributed by atoms with E-state index in [9.17, 15) is 14.9 Å². The molecule has 7 nitrogen and oxygen atoms in total. The van der Waals surface area contributed by atoms with E-state index in [0.717, 1.165) is 78.7 Å². The molecule has 0 radical (unpaired) electrons. The van der Waals surface area contributed by atoms with Gasteiger partial charge < -0.3 is 4.90 Å². The number of hydrogen-bond donors (Lipinski definition) is 0. The van der Waals surface area contributed by atoms with Crippen LogP contribution < -0.4 is 0 Å². The fourth-order valence-corrected chi connectivity index (χ4v) is 7.45. The van der Waals surface area contributed by atoms with Gasteiger partial charge in [0, 0.05) is 37.3 Å². The van der Waals surface area contributed by atoms with Gasteiger partial charge in [-0.1, -0.05) is 96.9 Å². The van der Waals surface area contributed by atoms with Gasteiger partial charge in [0.15, 0.2) is 0 Å². The Morgan fingerprint density at radius 1 is 0.925 bits per heavy atom. The van der Waals surface area contributed by atoms with Crippen LogP contribution in [0.3, 0.4) is 0 Å². The van der Waals surface area contributed by atoms with Crippen LogP contribution in [0.4, 0.5) is 0 Å². The van der Waals surface area contributed by atoms with Gasteiger partial charge in [0.2, 0.25) is 12.8 Å². The number of nitriles is 1. The molecule has 0 aromatic heterocycles. The number of hydrogen-bond acceptors (Lipinski definition) is 6. The third-order valence-electron chi connectivity index (χ3n) is 11.0. The first-order chi connectivity index (χ1) is 25.5. The van der Waals surface area contributed by atoms with E-state index in [1.807, 2.05) is 13.8 Å². The predicted octanol–water partition coefficient (Wildman–Crippen LogP) is 11.2. The first-order valence-electron chi connectivity index (χ1n) is 20.7. The molecule has 1 heterocycles. The molecule has 0 bridgehead atoms. The number of carbonyl (C=O) groups excluding carboxylic acids is 2. The van der Waals surface area contributed by atoms with Crippen molar-refractivity contribution in [3.8, 4) is 6.07 Å². The minimum absolute atomic E-state index is 0.554. The molecule has 1 aliphatic heterocycles. The summed E-state index contributed by atoms with van der Waals surface area (Å²) in [5, 5.41) is 12.3. The zero-order valence-corrected chi connectivity index (χ0v) is 35.5. The normalized spacial score (nSPS) is 15.7. The highest BCUT2D eigenvalue weighted by molar-refractivity contribution is 5.77. The molecule has 0 N–H and O–H groups in total. The fourth-order valence-electron chi connectivity index (χ4n) is 7.45. The number of hydrazine groups is 1. The van der Waals surface area contributed by atoms with Gasteiger partial charge in [-0.3, -0.25) is 14.6 Å². The molecule has 2 amide bonds. The summed E-state index contributed by atoms with van der Waals surface area (Å²) in [6.45, 7) is 31.2. The van der Waals surface area contributed by atoms with Gasteiger partial charge in [-0.05, 0) is 133 Å². The SMILES string of the molecule is C=N/C(=C(/C=C(C)/C(C)=C(\C)C#N)CC)c1c(C)cc(C)cc1CCC(CCCC)CN(CC)CC(CC)CCCC.O=CN(C=O)N1CCCCC1. The summed E-state index contributed by atoms with van der Waals surface area (Å²) in [6, 6.07) is 6.97. The third kappa shape index (κ3) is 16.7. The van der Waals surface area contributed by atoms with Crippen molar-refractivity contribution < 1.29 is 9.59 Å². The van der Waals surface area contributed by atoms with Gasteiger partial charge in [-0.15, -0.1) is 0 Å². The van der Waals surface area contributed by atoms with E-state index in [0.29, 0.717) is 18.7 Å². The van der Waals surface area contributed by atoms with Crippen LogP contribution in [0.25, 0.3) is 5.70 Å². The van der Waals surface area contributed by atoms with Crippen LogP contribution >= 0.6 is 0 Å². The molecule has 1 aromatic rings. The van der Waals surface area contributed by atoms with E-state index in [-0.39, 0.29) is 0 Å². The minimum atomic E-state index is 0.554. The Morgan fingerprint density at radius 2 is 1.53 bits per heavy atom. The summed E-state index contributed by atoms with van der Waals surface area (Å²) in [5.41, 5.74) is 10.3. The number of carbonyl (C=O) groups is 2. The minimum Gasteiger partial charge on any atom is -0.303 e. The Labute approximate surface area is 325 Å². The van der Waals surface area contributed by atoms with Crippen molar-refractivity contribution in [2.45, 2.75) is 153 Å². The number of allylic oxidation sites excluding steroid dienone is 5. The molecule has 296 valence electrons. The van der Waals surface area contributed by atoms with Crippen LogP contribution in [0.5, 0.6) is 0 Å². The van der Waals surface area contributed by atoms with Crippen molar-refractivity contribution in [3.05, 3.63) is 62.8 Å². The van der Waals surface area contributed by atoms with Crippen LogP contribution in [-0.2, 0) is 16.0 Å². The number of unbranched alkanes of at least 4 members (excludes halogenated alkanes) is 2. The van der Waals surface area contributed by atoms with Crippen molar-refractivity contribution in [2.24, 2.45) is 16.8 Å². The standard InChI is InChI=1S/C39H63N3.C7H12N2O2/c1-12-17-19-34(14-3)27-42(16-5)28-35(20-18-13-2)21-22-37-24-29(6)23-31(8)38(37)39(41-11)36(15-4)25-30(7)33(10)32(9)26-40;10-6-9(7-11)8-4-2-1-3-5-8/h23-25,34-35H,11-22,27-28H2,1-10H3;6-7H,1-5H2/b30-25+,33-32+,39-36+;. The highest BCUT2D eigenvalue weighted by Gasteiger charge is 2.20. The van der Waals surface area contributed by atoms with E-state index >= 15 is 0 Å². The lowest BCUT2D eigenvalue weighted by molar-refractivity contribution is -0.148. The van der Waals surface area contributed by atoms with Crippen molar-refractivity contribution in [2.75, 3.05) is 32.7 Å². The van der Waals surface area contributed by atoms with Crippen LogP contribution in [0.2, 0.25) is 0 Å². The van der Waals surface area contributed by atoms with Crippen LogP contribution in [0, 0.1) is 37.0 Å². The maximum Gasteiger partial charge on any atom is 0.230 e. The summed E-state index contributed by atoms with van der Waals surface area (Å²) in [6.07, 6.45) is 18.9. The Morgan fingerprint density at radius 3 is 2.04 bits per heavy atom. The number of piperidine rings is 1. The van der Waals surface area contributed by atoms with E-state index in [1.165, 1.54) is 98.7 Å². The number of rotatable bonds is 23. The largest absolute Gasteiger partial charge is 0.303 e. The zero-order valence-electron chi connectivity index (χ0n) is 35.5. The second kappa shape index (κ2) is 27.3. The average Bonchev–Trinajstić information content (AvgIpc) is 3.17. The first kappa shape index (κ1) is 47.7. The maximum atomic E-state index is 10.3. The van der Waals surface area contributed by atoms with Gasteiger partial charge in [0.05, 0.1) is 11.8 Å². The van der Waals surface area contributed by atoms with Gasteiger partial charge in [0.1, 0.15) is 0 Å². The number of aryl methyl sites for hydroxylation is 3. The number of benzene rings is 1. The second-order valence-corrected chi connectivity index (χ2v) is 15.1. The molecular weight excluding hydrogens is 655 g/mol. The molecule has 1 fully saturated rings. The van der Waals surface area contributed by atoms with E-state index in [2.05, 4.69) is 96.3 Å². The lowest BCUT2D eigenvalue weighted by Gasteiger charge is -2.30. The first-order valence-corrected chi connectivity index (χ1v) is 20.7. The van der Waals surface area contributed by atoms with Crippen molar-refractivity contribution in [3.63, 3.8) is 0 Å². The number of nitrogens with zero attached hydrogens (tertiary/aromatic N) is 5. The summed E-state index contributed by atoms with van der Waals surface area (Å²) >= 11 is 0. The van der Waals surface area contributed by atoms with Crippen molar-refractivity contribution in [1.82, 2.24) is 14.9 Å². The second-order valence-electron chi connectivity index (χ2n) is 15.1. The summed E-state index contributed by atoms with van der Waals surface area (Å²) in [5.74, 6) is 1.51. The zero-order chi connectivity index (χ0) is 39.8. The topological polar surface area (TPSA) is 80.0 Å². The lowest BCUT2D eigenvalue weighted by Crippen LogP contribution is -2.43. The van der Waals surface area contributed by atoms with Crippen LogP contribution in [-0.4, -0.2) is 67.2 Å². The fraction of sp³-hybridized carbons (Fsp3) is 0.652. The molecule has 7 heteroatoms.